The number of piperidine rings is 1. The van der Waals surface area contributed by atoms with Crippen molar-refractivity contribution in [1.29, 1.82) is 0 Å². The van der Waals surface area contributed by atoms with Crippen molar-refractivity contribution in [2.45, 2.75) is 25.0 Å². The summed E-state index contributed by atoms with van der Waals surface area (Å²) in [7, 11) is 0. The van der Waals surface area contributed by atoms with Gasteiger partial charge in [-0.3, -0.25) is 0 Å². The molecule has 0 amide bonds. The molecule has 1 saturated heterocycles. The highest BCUT2D eigenvalue weighted by Crippen LogP contribution is 2.34. The topological polar surface area (TPSA) is 41.5 Å². The zero-order chi connectivity index (χ0) is 11.4. The van der Waals surface area contributed by atoms with Gasteiger partial charge in [-0.05, 0) is 25.5 Å². The SMILES string of the molecule is CCO[C@]1(c2ccccc2)CCNCC1O. The van der Waals surface area contributed by atoms with Crippen molar-refractivity contribution in [3.8, 4) is 0 Å². The molecule has 88 valence electrons. The third kappa shape index (κ3) is 1.98. The van der Waals surface area contributed by atoms with Gasteiger partial charge >= 0.3 is 0 Å². The Morgan fingerprint density at radius 3 is 2.81 bits per heavy atom. The van der Waals surface area contributed by atoms with Gasteiger partial charge in [0.05, 0.1) is 6.10 Å². The first-order valence-electron chi connectivity index (χ1n) is 5.88. The molecule has 1 aliphatic heterocycles. The van der Waals surface area contributed by atoms with Crippen LogP contribution in [0.25, 0.3) is 0 Å². The summed E-state index contributed by atoms with van der Waals surface area (Å²) in [6.45, 7) is 4.06. The van der Waals surface area contributed by atoms with Crippen LogP contribution in [0.4, 0.5) is 0 Å². The average molecular weight is 221 g/mol. The second-order valence-corrected chi connectivity index (χ2v) is 4.16. The van der Waals surface area contributed by atoms with Crippen LogP contribution < -0.4 is 5.32 Å². The number of aliphatic hydroxyl groups is 1. The first-order chi connectivity index (χ1) is 7.79. The van der Waals surface area contributed by atoms with E-state index in [4.69, 9.17) is 4.74 Å². The van der Waals surface area contributed by atoms with Crippen LogP contribution in [0.15, 0.2) is 30.3 Å². The first kappa shape index (κ1) is 11.6. The summed E-state index contributed by atoms with van der Waals surface area (Å²) in [5.41, 5.74) is 0.548. The van der Waals surface area contributed by atoms with E-state index < -0.39 is 11.7 Å². The fourth-order valence-corrected chi connectivity index (χ4v) is 2.41. The number of benzene rings is 1. The molecule has 0 bridgehead atoms. The van der Waals surface area contributed by atoms with Crippen molar-refractivity contribution in [3.63, 3.8) is 0 Å². The fourth-order valence-electron chi connectivity index (χ4n) is 2.41. The minimum absolute atomic E-state index is 0.483. The standard InChI is InChI=1S/C13H19NO2/c1-2-16-13(8-9-14-10-12(13)15)11-6-4-3-5-7-11/h3-7,12,14-15H,2,8-10H2,1H3/t12?,13-/m0/s1. The van der Waals surface area contributed by atoms with Crippen molar-refractivity contribution in [2.75, 3.05) is 19.7 Å². The second kappa shape index (κ2) is 4.95. The molecule has 0 saturated carbocycles. The van der Waals surface area contributed by atoms with Crippen LogP contribution in [-0.2, 0) is 10.3 Å². The molecule has 3 nitrogen and oxygen atoms in total. The molecule has 1 aromatic carbocycles. The van der Waals surface area contributed by atoms with E-state index in [9.17, 15) is 5.11 Å². The van der Waals surface area contributed by atoms with Gasteiger partial charge in [0.25, 0.3) is 0 Å². The van der Waals surface area contributed by atoms with Gasteiger partial charge in [-0.1, -0.05) is 30.3 Å². The van der Waals surface area contributed by atoms with Crippen LogP contribution in [0.3, 0.4) is 0 Å². The Morgan fingerprint density at radius 1 is 1.44 bits per heavy atom. The Morgan fingerprint density at radius 2 is 2.19 bits per heavy atom. The lowest BCUT2D eigenvalue weighted by Gasteiger charge is -2.41. The summed E-state index contributed by atoms with van der Waals surface area (Å²) in [5, 5.41) is 13.4. The Hall–Kier alpha value is -0.900. The molecule has 0 radical (unpaired) electrons. The van der Waals surface area contributed by atoms with Gasteiger partial charge in [-0.2, -0.15) is 0 Å². The number of hydrogen-bond donors (Lipinski definition) is 2. The fraction of sp³-hybridized carbons (Fsp3) is 0.538. The van der Waals surface area contributed by atoms with Crippen molar-refractivity contribution in [3.05, 3.63) is 35.9 Å². The summed E-state index contributed by atoms with van der Waals surface area (Å²) >= 11 is 0. The number of hydrogen-bond acceptors (Lipinski definition) is 3. The van der Waals surface area contributed by atoms with E-state index in [0.717, 1.165) is 18.5 Å². The molecule has 2 atom stereocenters. The molecule has 1 heterocycles. The van der Waals surface area contributed by atoms with E-state index in [1.165, 1.54) is 0 Å². The van der Waals surface area contributed by atoms with E-state index in [0.29, 0.717) is 13.2 Å². The normalized spacial score (nSPS) is 30.2. The molecule has 0 aromatic heterocycles. The van der Waals surface area contributed by atoms with E-state index in [2.05, 4.69) is 5.32 Å². The highest BCUT2D eigenvalue weighted by molar-refractivity contribution is 5.25. The average Bonchev–Trinajstić information content (AvgIpc) is 2.34. The van der Waals surface area contributed by atoms with Gasteiger partial charge < -0.3 is 15.2 Å². The van der Waals surface area contributed by atoms with Gasteiger partial charge in [0.15, 0.2) is 0 Å². The van der Waals surface area contributed by atoms with Gasteiger partial charge in [-0.25, -0.2) is 0 Å². The number of rotatable bonds is 3. The summed E-state index contributed by atoms with van der Waals surface area (Å²) in [5.74, 6) is 0. The Bertz CT molecular complexity index is 324. The lowest BCUT2D eigenvalue weighted by molar-refractivity contribution is -0.141. The van der Waals surface area contributed by atoms with Gasteiger partial charge in [-0.15, -0.1) is 0 Å². The Kier molecular flexibility index (Phi) is 3.59. The minimum Gasteiger partial charge on any atom is -0.388 e. The smallest absolute Gasteiger partial charge is 0.121 e. The Labute approximate surface area is 96.4 Å². The Balaban J connectivity index is 2.34. The van der Waals surface area contributed by atoms with Crippen molar-refractivity contribution in [2.24, 2.45) is 0 Å². The van der Waals surface area contributed by atoms with Crippen LogP contribution in [0, 0.1) is 0 Å². The molecule has 2 rings (SSSR count). The molecular weight excluding hydrogens is 202 g/mol. The van der Waals surface area contributed by atoms with Crippen molar-refractivity contribution >= 4 is 0 Å². The lowest BCUT2D eigenvalue weighted by atomic mass is 9.82. The van der Waals surface area contributed by atoms with Crippen molar-refractivity contribution < 1.29 is 9.84 Å². The monoisotopic (exact) mass is 221 g/mol. The predicted molar refractivity (Wildman–Crippen MR) is 63.2 cm³/mol. The number of β-amino-alcohol motifs (C(OH)–C–C–N with tert-alkyl or cyclic N) is 1. The maximum atomic E-state index is 10.2. The molecule has 1 fully saturated rings. The van der Waals surface area contributed by atoms with E-state index in [-0.39, 0.29) is 0 Å². The largest absolute Gasteiger partial charge is 0.388 e. The molecular formula is C13H19NO2. The lowest BCUT2D eigenvalue weighted by Crippen LogP contribution is -2.53. The van der Waals surface area contributed by atoms with Crippen LogP contribution in [0.5, 0.6) is 0 Å². The quantitative estimate of drug-likeness (QED) is 0.807. The van der Waals surface area contributed by atoms with Crippen LogP contribution in [0.2, 0.25) is 0 Å². The van der Waals surface area contributed by atoms with Gasteiger partial charge in [0.1, 0.15) is 5.60 Å². The highest BCUT2D eigenvalue weighted by Gasteiger charge is 2.42. The first-order valence-corrected chi connectivity index (χ1v) is 5.88. The van der Waals surface area contributed by atoms with Crippen LogP contribution >= 0.6 is 0 Å². The summed E-state index contributed by atoms with van der Waals surface area (Å²) in [6, 6.07) is 10.0. The third-order valence-electron chi connectivity index (χ3n) is 3.21. The van der Waals surface area contributed by atoms with Gasteiger partial charge in [0, 0.05) is 13.2 Å². The minimum atomic E-state index is -0.527. The molecule has 1 unspecified atom stereocenters. The summed E-state index contributed by atoms with van der Waals surface area (Å²) in [6.07, 6.45) is 0.329. The second-order valence-electron chi connectivity index (χ2n) is 4.16. The molecule has 3 heteroatoms. The van der Waals surface area contributed by atoms with E-state index >= 15 is 0 Å². The van der Waals surface area contributed by atoms with Crippen LogP contribution in [-0.4, -0.2) is 30.9 Å². The molecule has 16 heavy (non-hydrogen) atoms. The van der Waals surface area contributed by atoms with E-state index in [1.807, 2.05) is 37.3 Å². The molecule has 2 N–H and O–H groups in total. The zero-order valence-electron chi connectivity index (χ0n) is 9.65. The maximum absolute atomic E-state index is 10.2. The molecule has 0 aliphatic carbocycles. The molecule has 1 aliphatic rings. The molecule has 0 spiro atoms. The zero-order valence-corrected chi connectivity index (χ0v) is 9.65. The number of ether oxygens (including phenoxy) is 1. The summed E-state index contributed by atoms with van der Waals surface area (Å²) in [4.78, 5) is 0. The predicted octanol–water partition coefficient (Wildman–Crippen LogP) is 1.27. The number of nitrogens with one attached hydrogen (secondary N) is 1. The van der Waals surface area contributed by atoms with Crippen LogP contribution in [0.1, 0.15) is 18.9 Å². The van der Waals surface area contributed by atoms with Crippen molar-refractivity contribution in [1.82, 2.24) is 5.32 Å². The van der Waals surface area contributed by atoms with Gasteiger partial charge in [0.2, 0.25) is 0 Å². The number of aliphatic hydroxyl groups excluding tert-OH is 1. The maximum Gasteiger partial charge on any atom is 0.121 e. The van der Waals surface area contributed by atoms with E-state index in [1.54, 1.807) is 0 Å². The highest BCUT2D eigenvalue weighted by atomic mass is 16.5. The third-order valence-corrected chi connectivity index (χ3v) is 3.21. The summed E-state index contributed by atoms with van der Waals surface area (Å²) < 4.78 is 5.88. The molecule has 1 aromatic rings.